The van der Waals surface area contributed by atoms with Gasteiger partial charge in [0.1, 0.15) is 6.20 Å². The van der Waals surface area contributed by atoms with Crippen LogP contribution in [0.5, 0.6) is 0 Å². The van der Waals surface area contributed by atoms with Gasteiger partial charge in [-0.1, -0.05) is 0 Å². The standard InChI is InChI=1S/C10H16N4O2S/c1-13-4-2-8(3-5-13)6-11-10-12-7-9(17-10)14(15)16/h7-8H,2-6H2,1H3,(H,11,12). The van der Waals surface area contributed by atoms with Crippen LogP contribution in [-0.2, 0) is 0 Å². The first-order valence-electron chi connectivity index (χ1n) is 5.68. The number of nitro groups is 1. The number of piperidine rings is 1. The summed E-state index contributed by atoms with van der Waals surface area (Å²) in [6.45, 7) is 3.12. The van der Waals surface area contributed by atoms with E-state index in [1.807, 2.05) is 0 Å². The summed E-state index contributed by atoms with van der Waals surface area (Å²) >= 11 is 1.10. The summed E-state index contributed by atoms with van der Waals surface area (Å²) in [5.41, 5.74) is 0. The normalized spacial score (nSPS) is 18.2. The molecule has 0 atom stereocenters. The van der Waals surface area contributed by atoms with E-state index in [0.29, 0.717) is 11.0 Å². The van der Waals surface area contributed by atoms with Crippen LogP contribution < -0.4 is 5.32 Å². The Hall–Kier alpha value is -1.21. The Kier molecular flexibility index (Phi) is 3.90. The summed E-state index contributed by atoms with van der Waals surface area (Å²) in [4.78, 5) is 16.4. The molecule has 0 aliphatic carbocycles. The van der Waals surface area contributed by atoms with E-state index in [4.69, 9.17) is 0 Å². The van der Waals surface area contributed by atoms with Crippen molar-refractivity contribution < 1.29 is 4.92 Å². The largest absolute Gasteiger partial charge is 0.361 e. The molecule has 94 valence electrons. The van der Waals surface area contributed by atoms with E-state index < -0.39 is 4.92 Å². The molecule has 2 heterocycles. The quantitative estimate of drug-likeness (QED) is 0.657. The van der Waals surface area contributed by atoms with Gasteiger partial charge in [-0.2, -0.15) is 0 Å². The van der Waals surface area contributed by atoms with E-state index in [0.717, 1.165) is 31.0 Å². The smallest absolute Gasteiger partial charge is 0.345 e. The molecule has 0 unspecified atom stereocenters. The van der Waals surface area contributed by atoms with Crippen LogP contribution in [0.3, 0.4) is 0 Å². The van der Waals surface area contributed by atoms with Crippen molar-refractivity contribution in [2.45, 2.75) is 12.8 Å². The fourth-order valence-electron chi connectivity index (χ4n) is 1.93. The average Bonchev–Trinajstić information content (AvgIpc) is 2.77. The molecule has 1 aromatic heterocycles. The molecule has 2 rings (SSSR count). The van der Waals surface area contributed by atoms with Crippen molar-refractivity contribution in [3.63, 3.8) is 0 Å². The summed E-state index contributed by atoms with van der Waals surface area (Å²) in [6.07, 6.45) is 3.66. The van der Waals surface area contributed by atoms with E-state index in [-0.39, 0.29) is 5.00 Å². The van der Waals surface area contributed by atoms with Crippen LogP contribution in [0.1, 0.15) is 12.8 Å². The Balaban J connectivity index is 1.79. The van der Waals surface area contributed by atoms with E-state index in [9.17, 15) is 10.1 Å². The number of nitrogens with one attached hydrogen (secondary N) is 1. The molecule has 1 aliphatic heterocycles. The zero-order valence-corrected chi connectivity index (χ0v) is 10.6. The molecule has 0 aromatic carbocycles. The second kappa shape index (κ2) is 5.42. The summed E-state index contributed by atoms with van der Waals surface area (Å²) in [5, 5.41) is 14.4. The monoisotopic (exact) mass is 256 g/mol. The van der Waals surface area contributed by atoms with Gasteiger partial charge in [0, 0.05) is 6.54 Å². The van der Waals surface area contributed by atoms with Crippen molar-refractivity contribution in [3.05, 3.63) is 16.3 Å². The van der Waals surface area contributed by atoms with E-state index >= 15 is 0 Å². The van der Waals surface area contributed by atoms with Gasteiger partial charge in [-0.15, -0.1) is 0 Å². The molecule has 0 bridgehead atoms. The highest BCUT2D eigenvalue weighted by atomic mass is 32.1. The van der Waals surface area contributed by atoms with Gasteiger partial charge in [0.2, 0.25) is 0 Å². The van der Waals surface area contributed by atoms with E-state index in [2.05, 4.69) is 22.2 Å². The van der Waals surface area contributed by atoms with Crippen molar-refractivity contribution in [1.29, 1.82) is 0 Å². The topological polar surface area (TPSA) is 71.3 Å². The minimum absolute atomic E-state index is 0.0934. The lowest BCUT2D eigenvalue weighted by molar-refractivity contribution is -0.380. The van der Waals surface area contributed by atoms with Crippen LogP contribution in [-0.4, -0.2) is 41.5 Å². The molecule has 7 heteroatoms. The van der Waals surface area contributed by atoms with Gasteiger partial charge >= 0.3 is 5.00 Å². The molecular weight excluding hydrogens is 240 g/mol. The maximum Gasteiger partial charge on any atom is 0.345 e. The SMILES string of the molecule is CN1CCC(CNc2ncc([N+](=O)[O-])s2)CC1. The Morgan fingerprint density at radius 1 is 1.65 bits per heavy atom. The van der Waals surface area contributed by atoms with Crippen molar-refractivity contribution in [2.24, 2.45) is 5.92 Å². The Morgan fingerprint density at radius 3 is 2.94 bits per heavy atom. The number of likely N-dealkylation sites (tertiary alicyclic amines) is 1. The van der Waals surface area contributed by atoms with Crippen LogP contribution in [0.2, 0.25) is 0 Å². The lowest BCUT2D eigenvalue weighted by atomic mass is 9.97. The van der Waals surface area contributed by atoms with Gasteiger partial charge < -0.3 is 10.2 Å². The number of hydrogen-bond donors (Lipinski definition) is 1. The lowest BCUT2D eigenvalue weighted by Gasteiger charge is -2.28. The van der Waals surface area contributed by atoms with E-state index in [1.54, 1.807) is 0 Å². The van der Waals surface area contributed by atoms with E-state index in [1.165, 1.54) is 19.0 Å². The van der Waals surface area contributed by atoms with Crippen molar-refractivity contribution in [3.8, 4) is 0 Å². The van der Waals surface area contributed by atoms with Crippen molar-refractivity contribution in [1.82, 2.24) is 9.88 Å². The molecule has 0 radical (unpaired) electrons. The first-order chi connectivity index (χ1) is 8.15. The highest BCUT2D eigenvalue weighted by Crippen LogP contribution is 2.25. The molecule has 0 amide bonds. The van der Waals surface area contributed by atoms with Crippen LogP contribution in [0, 0.1) is 16.0 Å². The second-order valence-corrected chi connectivity index (χ2v) is 5.40. The number of nitrogens with zero attached hydrogens (tertiary/aromatic N) is 3. The number of anilines is 1. The molecule has 1 saturated heterocycles. The minimum Gasteiger partial charge on any atom is -0.361 e. The zero-order valence-electron chi connectivity index (χ0n) is 9.76. The number of hydrogen-bond acceptors (Lipinski definition) is 6. The number of rotatable bonds is 4. The lowest BCUT2D eigenvalue weighted by Crippen LogP contribution is -2.32. The summed E-state index contributed by atoms with van der Waals surface area (Å²) in [7, 11) is 2.13. The fraction of sp³-hybridized carbons (Fsp3) is 0.700. The highest BCUT2D eigenvalue weighted by Gasteiger charge is 2.17. The first-order valence-corrected chi connectivity index (χ1v) is 6.49. The maximum atomic E-state index is 10.5. The third kappa shape index (κ3) is 3.37. The predicted octanol–water partition coefficient (Wildman–Crippen LogP) is 1.80. The van der Waals surface area contributed by atoms with Crippen molar-refractivity contribution in [2.75, 3.05) is 32.0 Å². The molecule has 0 spiro atoms. The van der Waals surface area contributed by atoms with Crippen LogP contribution in [0.25, 0.3) is 0 Å². The van der Waals surface area contributed by atoms with Crippen LogP contribution in [0.15, 0.2) is 6.20 Å². The molecule has 6 nitrogen and oxygen atoms in total. The maximum absolute atomic E-state index is 10.5. The first kappa shape index (κ1) is 12.3. The minimum atomic E-state index is -0.404. The fourth-order valence-corrected chi connectivity index (χ4v) is 2.57. The van der Waals surface area contributed by atoms with Gasteiger partial charge in [0.25, 0.3) is 0 Å². The van der Waals surface area contributed by atoms with Crippen LogP contribution >= 0.6 is 11.3 Å². The molecule has 0 saturated carbocycles. The van der Waals surface area contributed by atoms with Gasteiger partial charge in [-0.3, -0.25) is 10.1 Å². The average molecular weight is 256 g/mol. The van der Waals surface area contributed by atoms with Crippen molar-refractivity contribution >= 4 is 21.5 Å². The molecule has 17 heavy (non-hydrogen) atoms. The second-order valence-electron chi connectivity index (χ2n) is 4.39. The molecule has 1 aromatic rings. The molecule has 1 aliphatic rings. The Bertz CT molecular complexity index is 387. The summed E-state index contributed by atoms with van der Waals surface area (Å²) in [5.74, 6) is 0.647. The zero-order chi connectivity index (χ0) is 12.3. The van der Waals surface area contributed by atoms with Gasteiger partial charge in [0.05, 0.1) is 4.92 Å². The summed E-state index contributed by atoms with van der Waals surface area (Å²) in [6, 6.07) is 0. The van der Waals surface area contributed by atoms with Gasteiger partial charge in [-0.05, 0) is 50.2 Å². The van der Waals surface area contributed by atoms with Crippen LogP contribution in [0.4, 0.5) is 10.1 Å². The predicted molar refractivity (Wildman–Crippen MR) is 67.5 cm³/mol. The number of aromatic nitrogens is 1. The highest BCUT2D eigenvalue weighted by molar-refractivity contribution is 7.18. The molecular formula is C10H16N4O2S. The third-order valence-corrected chi connectivity index (χ3v) is 3.96. The summed E-state index contributed by atoms with van der Waals surface area (Å²) < 4.78 is 0. The Labute approximate surface area is 104 Å². The van der Waals surface area contributed by atoms with Gasteiger partial charge in [0.15, 0.2) is 5.13 Å². The third-order valence-electron chi connectivity index (χ3n) is 3.05. The van der Waals surface area contributed by atoms with Gasteiger partial charge in [-0.25, -0.2) is 4.98 Å². The Morgan fingerprint density at radius 2 is 2.35 bits per heavy atom. The molecule has 1 fully saturated rings. The number of thiazole rings is 1. The molecule has 1 N–H and O–H groups in total.